The van der Waals surface area contributed by atoms with Crippen LogP contribution >= 0.6 is 11.8 Å². The first-order valence-corrected chi connectivity index (χ1v) is 9.19. The molecule has 0 aliphatic rings. The van der Waals surface area contributed by atoms with Crippen molar-refractivity contribution in [2.45, 2.75) is 12.7 Å². The lowest BCUT2D eigenvalue weighted by Gasteiger charge is -2.18. The van der Waals surface area contributed by atoms with Crippen molar-refractivity contribution in [1.82, 2.24) is 0 Å². The summed E-state index contributed by atoms with van der Waals surface area (Å²) in [5.41, 5.74) is 3.64. The maximum atomic E-state index is 12.3. The molecule has 0 fully saturated rings. The van der Waals surface area contributed by atoms with E-state index in [2.05, 4.69) is 12.2 Å². The zero-order valence-electron chi connectivity index (χ0n) is 14.2. The zero-order valence-corrected chi connectivity index (χ0v) is 15.0. The number of aliphatic hydroxyl groups is 1. The van der Waals surface area contributed by atoms with Gasteiger partial charge in [-0.3, -0.25) is 4.79 Å². The third-order valence-electron chi connectivity index (χ3n) is 3.69. The average Bonchev–Trinajstić information content (AvgIpc) is 2.61. The smallest absolute Gasteiger partial charge is 0.255 e. The quantitative estimate of drug-likeness (QED) is 0.768. The monoisotopic (exact) mass is 344 g/mol. The molecular formula is C19H24N2O2S. The summed E-state index contributed by atoms with van der Waals surface area (Å²) in [7, 11) is 1.92. The average molecular weight is 344 g/mol. The highest BCUT2D eigenvalue weighted by Gasteiger charge is 2.07. The second-order valence-corrected chi connectivity index (χ2v) is 6.75. The number of hydrogen-bond acceptors (Lipinski definition) is 4. The molecule has 0 bridgehead atoms. The largest absolute Gasteiger partial charge is 0.395 e. The van der Waals surface area contributed by atoms with Gasteiger partial charge in [-0.2, -0.15) is 11.8 Å². The molecular weight excluding hydrogens is 320 g/mol. The molecule has 4 nitrogen and oxygen atoms in total. The molecule has 0 atom stereocenters. The molecule has 0 aromatic heterocycles. The summed E-state index contributed by atoms with van der Waals surface area (Å²) in [5.74, 6) is 1.95. The van der Waals surface area contributed by atoms with Gasteiger partial charge in [0.15, 0.2) is 0 Å². The molecule has 2 N–H and O–H groups in total. The van der Waals surface area contributed by atoms with E-state index in [1.165, 1.54) is 5.56 Å². The van der Waals surface area contributed by atoms with Crippen LogP contribution in [0, 0.1) is 0 Å². The summed E-state index contributed by atoms with van der Waals surface area (Å²) in [6, 6.07) is 15.3. The van der Waals surface area contributed by atoms with Crippen LogP contribution in [0.2, 0.25) is 0 Å². The zero-order chi connectivity index (χ0) is 17.4. The Morgan fingerprint density at radius 3 is 2.38 bits per heavy atom. The summed E-state index contributed by atoms with van der Waals surface area (Å²) < 4.78 is 0. The fourth-order valence-corrected chi connectivity index (χ4v) is 2.89. The highest BCUT2D eigenvalue weighted by molar-refractivity contribution is 7.98. The number of anilines is 2. The van der Waals surface area contributed by atoms with Gasteiger partial charge in [0.2, 0.25) is 0 Å². The summed E-state index contributed by atoms with van der Waals surface area (Å²) in [4.78, 5) is 14.3. The van der Waals surface area contributed by atoms with Crippen LogP contribution in [-0.2, 0) is 5.75 Å². The van der Waals surface area contributed by atoms with Crippen LogP contribution in [0.5, 0.6) is 0 Å². The van der Waals surface area contributed by atoms with E-state index in [0.29, 0.717) is 12.1 Å². The number of nitrogens with zero attached hydrogens (tertiary/aromatic N) is 1. The minimum atomic E-state index is -0.110. The Hall–Kier alpha value is -1.98. The Morgan fingerprint density at radius 2 is 1.79 bits per heavy atom. The third kappa shape index (κ3) is 5.28. The lowest BCUT2D eigenvalue weighted by atomic mass is 10.1. The number of carbonyl (C=O) groups excluding carboxylic acids is 1. The van der Waals surface area contributed by atoms with Gasteiger partial charge in [0.25, 0.3) is 5.91 Å². The van der Waals surface area contributed by atoms with Crippen molar-refractivity contribution in [3.05, 3.63) is 59.7 Å². The van der Waals surface area contributed by atoms with Crippen molar-refractivity contribution in [3.8, 4) is 0 Å². The Balaban J connectivity index is 1.96. The molecule has 24 heavy (non-hydrogen) atoms. The van der Waals surface area contributed by atoms with Crippen LogP contribution in [0.15, 0.2) is 48.5 Å². The first kappa shape index (κ1) is 18.4. The van der Waals surface area contributed by atoms with E-state index in [1.807, 2.05) is 72.2 Å². The number of benzene rings is 2. The van der Waals surface area contributed by atoms with Crippen LogP contribution in [0.4, 0.5) is 11.4 Å². The van der Waals surface area contributed by atoms with E-state index >= 15 is 0 Å². The Labute approximate surface area is 147 Å². The molecule has 2 aromatic rings. The van der Waals surface area contributed by atoms with E-state index in [0.717, 1.165) is 22.9 Å². The van der Waals surface area contributed by atoms with Crippen LogP contribution in [0.3, 0.4) is 0 Å². The number of aliphatic hydroxyl groups excluding tert-OH is 1. The summed E-state index contributed by atoms with van der Waals surface area (Å²) >= 11 is 1.86. The minimum absolute atomic E-state index is 0.110. The van der Waals surface area contributed by atoms with Crippen LogP contribution in [0.1, 0.15) is 22.8 Å². The van der Waals surface area contributed by atoms with Gasteiger partial charge in [0.1, 0.15) is 0 Å². The van der Waals surface area contributed by atoms with Gasteiger partial charge in [-0.25, -0.2) is 0 Å². The lowest BCUT2D eigenvalue weighted by molar-refractivity contribution is 0.102. The number of likely N-dealkylation sites (N-methyl/N-ethyl adjacent to an activating group) is 1. The van der Waals surface area contributed by atoms with Gasteiger partial charge < -0.3 is 15.3 Å². The van der Waals surface area contributed by atoms with Crippen molar-refractivity contribution in [2.75, 3.05) is 36.2 Å². The topological polar surface area (TPSA) is 52.6 Å². The first-order valence-electron chi connectivity index (χ1n) is 8.04. The third-order valence-corrected chi connectivity index (χ3v) is 4.64. The van der Waals surface area contributed by atoms with Crippen LogP contribution in [-0.4, -0.2) is 37.0 Å². The van der Waals surface area contributed by atoms with Gasteiger partial charge in [-0.1, -0.05) is 19.1 Å². The predicted molar refractivity (Wildman–Crippen MR) is 103 cm³/mol. The number of carbonyl (C=O) groups is 1. The van der Waals surface area contributed by atoms with Gasteiger partial charge in [0, 0.05) is 36.3 Å². The molecule has 128 valence electrons. The maximum absolute atomic E-state index is 12.3. The lowest BCUT2D eigenvalue weighted by Crippen LogP contribution is -2.21. The van der Waals surface area contributed by atoms with Crippen molar-refractivity contribution in [2.24, 2.45) is 0 Å². The van der Waals surface area contributed by atoms with Gasteiger partial charge in [0.05, 0.1) is 6.61 Å². The molecule has 0 saturated heterocycles. The number of nitrogens with one attached hydrogen (secondary N) is 1. The van der Waals surface area contributed by atoms with Gasteiger partial charge in [-0.05, 0) is 47.7 Å². The van der Waals surface area contributed by atoms with Gasteiger partial charge >= 0.3 is 0 Å². The molecule has 0 radical (unpaired) electrons. The molecule has 5 heteroatoms. The van der Waals surface area contributed by atoms with E-state index < -0.39 is 0 Å². The summed E-state index contributed by atoms with van der Waals surface area (Å²) in [5, 5.41) is 11.9. The summed E-state index contributed by atoms with van der Waals surface area (Å²) in [6.45, 7) is 2.83. The Bertz CT molecular complexity index is 641. The molecule has 0 spiro atoms. The van der Waals surface area contributed by atoms with Crippen molar-refractivity contribution in [3.63, 3.8) is 0 Å². The Kier molecular flexibility index (Phi) is 7.15. The first-order chi connectivity index (χ1) is 11.6. The molecule has 0 aliphatic carbocycles. The van der Waals surface area contributed by atoms with Crippen LogP contribution in [0.25, 0.3) is 0 Å². The fraction of sp³-hybridized carbons (Fsp3) is 0.316. The molecule has 0 unspecified atom stereocenters. The van der Waals surface area contributed by atoms with E-state index in [-0.39, 0.29) is 12.5 Å². The number of rotatable bonds is 8. The second-order valence-electron chi connectivity index (χ2n) is 5.48. The highest BCUT2D eigenvalue weighted by Crippen LogP contribution is 2.18. The molecule has 0 saturated carbocycles. The molecule has 1 amide bonds. The normalized spacial score (nSPS) is 10.5. The molecule has 2 aromatic carbocycles. The molecule has 0 heterocycles. The molecule has 0 aliphatic heterocycles. The highest BCUT2D eigenvalue weighted by atomic mass is 32.2. The van der Waals surface area contributed by atoms with Crippen LogP contribution < -0.4 is 10.2 Å². The van der Waals surface area contributed by atoms with E-state index in [1.54, 1.807) is 0 Å². The standard InChI is InChI=1S/C19H24N2O2S/c1-3-24-14-15-4-6-16(7-5-15)19(23)20-17-8-10-18(11-9-17)21(2)12-13-22/h4-11,22H,3,12-14H2,1-2H3,(H,20,23). The predicted octanol–water partition coefficient (Wildman–Crippen LogP) is 3.62. The van der Waals surface area contributed by atoms with Crippen molar-refractivity contribution >= 4 is 29.0 Å². The summed E-state index contributed by atoms with van der Waals surface area (Å²) in [6.07, 6.45) is 0. The number of amides is 1. The van der Waals surface area contributed by atoms with E-state index in [9.17, 15) is 4.79 Å². The second kappa shape index (κ2) is 9.35. The minimum Gasteiger partial charge on any atom is -0.395 e. The van der Waals surface area contributed by atoms with E-state index in [4.69, 9.17) is 5.11 Å². The van der Waals surface area contributed by atoms with Crippen molar-refractivity contribution in [1.29, 1.82) is 0 Å². The van der Waals surface area contributed by atoms with Gasteiger partial charge in [-0.15, -0.1) is 0 Å². The SMILES string of the molecule is CCSCc1ccc(C(=O)Nc2ccc(N(C)CCO)cc2)cc1. The Morgan fingerprint density at radius 1 is 1.12 bits per heavy atom. The maximum Gasteiger partial charge on any atom is 0.255 e. The van der Waals surface area contributed by atoms with Crippen molar-refractivity contribution < 1.29 is 9.90 Å². The fourth-order valence-electron chi connectivity index (χ4n) is 2.25. The number of thioether (sulfide) groups is 1. The number of hydrogen-bond donors (Lipinski definition) is 2. The molecule has 2 rings (SSSR count).